The highest BCUT2D eigenvalue weighted by Crippen LogP contribution is 2.18. The van der Waals surface area contributed by atoms with E-state index in [0.29, 0.717) is 12.3 Å². The SMILES string of the molecule is CC(CN1CCCC1)Nc1cccn(C2CCCOC2)c1=O. The molecule has 0 aromatic carbocycles. The maximum Gasteiger partial charge on any atom is 0.274 e. The highest BCUT2D eigenvalue weighted by atomic mass is 16.5. The monoisotopic (exact) mass is 305 g/mol. The Hall–Kier alpha value is -1.33. The molecule has 1 N–H and O–H groups in total. The third-order valence-corrected chi connectivity index (χ3v) is 4.64. The Bertz CT molecular complexity index is 531. The van der Waals surface area contributed by atoms with Crippen LogP contribution in [0.25, 0.3) is 0 Å². The Labute approximate surface area is 132 Å². The lowest BCUT2D eigenvalue weighted by atomic mass is 10.1. The molecule has 2 aliphatic rings. The molecule has 0 spiro atoms. The van der Waals surface area contributed by atoms with Crippen LogP contribution in [0.2, 0.25) is 0 Å². The van der Waals surface area contributed by atoms with Crippen LogP contribution in [0.5, 0.6) is 0 Å². The van der Waals surface area contributed by atoms with Crippen molar-refractivity contribution >= 4 is 5.69 Å². The van der Waals surface area contributed by atoms with E-state index in [4.69, 9.17) is 4.74 Å². The van der Waals surface area contributed by atoms with E-state index in [2.05, 4.69) is 17.1 Å². The van der Waals surface area contributed by atoms with Crippen molar-refractivity contribution in [3.8, 4) is 0 Å². The van der Waals surface area contributed by atoms with Gasteiger partial charge in [-0.2, -0.15) is 0 Å². The molecular weight excluding hydrogens is 278 g/mol. The average molecular weight is 305 g/mol. The minimum absolute atomic E-state index is 0.0753. The van der Waals surface area contributed by atoms with Crippen LogP contribution in [-0.4, -0.2) is 48.4 Å². The number of hydrogen-bond acceptors (Lipinski definition) is 4. The Kier molecular flexibility index (Phi) is 5.16. The Morgan fingerprint density at radius 1 is 1.36 bits per heavy atom. The summed E-state index contributed by atoms with van der Waals surface area (Å²) in [7, 11) is 0. The Morgan fingerprint density at radius 3 is 2.91 bits per heavy atom. The quantitative estimate of drug-likeness (QED) is 0.905. The van der Waals surface area contributed by atoms with Crippen LogP contribution in [0, 0.1) is 0 Å². The van der Waals surface area contributed by atoms with Crippen LogP contribution < -0.4 is 10.9 Å². The van der Waals surface area contributed by atoms with Crippen molar-refractivity contribution in [3.05, 3.63) is 28.7 Å². The van der Waals surface area contributed by atoms with E-state index >= 15 is 0 Å². The summed E-state index contributed by atoms with van der Waals surface area (Å²) in [6.45, 7) is 6.98. The number of ether oxygens (including phenoxy) is 1. The van der Waals surface area contributed by atoms with E-state index < -0.39 is 0 Å². The summed E-state index contributed by atoms with van der Waals surface area (Å²) in [4.78, 5) is 15.1. The second-order valence-electron chi connectivity index (χ2n) is 6.56. The minimum atomic E-state index is 0.0753. The van der Waals surface area contributed by atoms with E-state index in [1.54, 1.807) is 0 Å². The zero-order valence-electron chi connectivity index (χ0n) is 13.5. The molecule has 2 aliphatic heterocycles. The zero-order valence-corrected chi connectivity index (χ0v) is 13.5. The largest absolute Gasteiger partial charge is 0.379 e. The third-order valence-electron chi connectivity index (χ3n) is 4.64. The third kappa shape index (κ3) is 3.70. The fourth-order valence-electron chi connectivity index (χ4n) is 3.51. The fourth-order valence-corrected chi connectivity index (χ4v) is 3.51. The lowest BCUT2D eigenvalue weighted by Crippen LogP contribution is -2.36. The summed E-state index contributed by atoms with van der Waals surface area (Å²) >= 11 is 0. The number of aromatic nitrogens is 1. The Morgan fingerprint density at radius 2 is 2.18 bits per heavy atom. The zero-order chi connectivity index (χ0) is 15.4. The van der Waals surface area contributed by atoms with Gasteiger partial charge in [-0.05, 0) is 57.8 Å². The molecule has 2 fully saturated rings. The van der Waals surface area contributed by atoms with E-state index in [9.17, 15) is 4.79 Å². The molecule has 2 atom stereocenters. The second kappa shape index (κ2) is 7.29. The summed E-state index contributed by atoms with van der Waals surface area (Å²) in [6, 6.07) is 4.31. The first-order valence-electron chi connectivity index (χ1n) is 8.52. The second-order valence-corrected chi connectivity index (χ2v) is 6.56. The number of nitrogens with one attached hydrogen (secondary N) is 1. The van der Waals surface area contributed by atoms with Gasteiger partial charge in [-0.1, -0.05) is 0 Å². The highest BCUT2D eigenvalue weighted by Gasteiger charge is 2.19. The lowest BCUT2D eigenvalue weighted by molar-refractivity contribution is 0.0580. The smallest absolute Gasteiger partial charge is 0.274 e. The van der Waals surface area contributed by atoms with Gasteiger partial charge in [0, 0.05) is 25.4 Å². The normalized spacial score (nSPS) is 24.3. The van der Waals surface area contributed by atoms with E-state index in [0.717, 1.165) is 26.0 Å². The standard InChI is InChI=1S/C17H27N3O2/c1-14(12-19-8-2-3-9-19)18-16-7-4-10-20(17(16)21)15-6-5-11-22-13-15/h4,7,10,14-15,18H,2-3,5-6,8-9,11-13H2,1H3. The molecular formula is C17H27N3O2. The molecule has 0 saturated carbocycles. The molecule has 3 heterocycles. The van der Waals surface area contributed by atoms with Gasteiger partial charge in [0.25, 0.3) is 5.56 Å². The van der Waals surface area contributed by atoms with Gasteiger partial charge in [-0.3, -0.25) is 4.79 Å². The highest BCUT2D eigenvalue weighted by molar-refractivity contribution is 5.41. The molecule has 0 amide bonds. The molecule has 22 heavy (non-hydrogen) atoms. The number of likely N-dealkylation sites (tertiary alicyclic amines) is 1. The number of nitrogens with zero attached hydrogens (tertiary/aromatic N) is 2. The van der Waals surface area contributed by atoms with E-state index in [-0.39, 0.29) is 17.6 Å². The van der Waals surface area contributed by atoms with Crippen LogP contribution in [0.1, 0.15) is 38.6 Å². The predicted molar refractivity (Wildman–Crippen MR) is 88.6 cm³/mol. The van der Waals surface area contributed by atoms with Crippen LogP contribution in [-0.2, 0) is 4.74 Å². The first-order valence-corrected chi connectivity index (χ1v) is 8.52. The summed E-state index contributed by atoms with van der Waals surface area (Å²) < 4.78 is 7.35. The van der Waals surface area contributed by atoms with Crippen molar-refractivity contribution in [1.82, 2.24) is 9.47 Å². The van der Waals surface area contributed by atoms with Gasteiger partial charge in [0.05, 0.1) is 12.6 Å². The summed E-state index contributed by atoms with van der Waals surface area (Å²) in [5.41, 5.74) is 0.783. The van der Waals surface area contributed by atoms with Crippen LogP contribution in [0.15, 0.2) is 23.1 Å². The first-order chi connectivity index (χ1) is 10.7. The van der Waals surface area contributed by atoms with Gasteiger partial charge in [0.1, 0.15) is 5.69 Å². The van der Waals surface area contributed by atoms with Crippen molar-refractivity contribution < 1.29 is 4.74 Å². The number of hydrogen-bond donors (Lipinski definition) is 1. The lowest BCUT2D eigenvalue weighted by Gasteiger charge is -2.26. The average Bonchev–Trinajstić information content (AvgIpc) is 3.03. The number of anilines is 1. The summed E-state index contributed by atoms with van der Waals surface area (Å²) in [5, 5.41) is 3.40. The molecule has 0 radical (unpaired) electrons. The predicted octanol–water partition coefficient (Wildman–Crippen LogP) is 2.10. The molecule has 3 rings (SSSR count). The number of pyridine rings is 1. The maximum absolute atomic E-state index is 12.7. The van der Waals surface area contributed by atoms with Gasteiger partial charge in [0.15, 0.2) is 0 Å². The van der Waals surface area contributed by atoms with Gasteiger partial charge in [-0.25, -0.2) is 0 Å². The van der Waals surface area contributed by atoms with Crippen molar-refractivity contribution in [1.29, 1.82) is 0 Å². The topological polar surface area (TPSA) is 46.5 Å². The van der Waals surface area contributed by atoms with Crippen LogP contribution >= 0.6 is 0 Å². The summed E-state index contributed by atoms with van der Waals surface area (Å²) in [6.07, 6.45) is 6.53. The van der Waals surface area contributed by atoms with Crippen molar-refractivity contribution in [2.75, 3.05) is 38.2 Å². The molecule has 0 aliphatic carbocycles. The van der Waals surface area contributed by atoms with Crippen molar-refractivity contribution in [2.24, 2.45) is 0 Å². The van der Waals surface area contributed by atoms with E-state index in [1.165, 1.54) is 25.9 Å². The molecule has 2 saturated heterocycles. The van der Waals surface area contributed by atoms with Gasteiger partial charge < -0.3 is 19.5 Å². The van der Waals surface area contributed by atoms with E-state index in [1.807, 2.05) is 22.9 Å². The molecule has 5 nitrogen and oxygen atoms in total. The van der Waals surface area contributed by atoms with Gasteiger partial charge >= 0.3 is 0 Å². The van der Waals surface area contributed by atoms with Crippen molar-refractivity contribution in [2.45, 2.75) is 44.7 Å². The van der Waals surface area contributed by atoms with Gasteiger partial charge in [0.2, 0.25) is 0 Å². The maximum atomic E-state index is 12.7. The summed E-state index contributed by atoms with van der Waals surface area (Å²) in [5.74, 6) is 0. The molecule has 122 valence electrons. The molecule has 0 bridgehead atoms. The molecule has 1 aromatic rings. The Balaban J connectivity index is 1.66. The fraction of sp³-hybridized carbons (Fsp3) is 0.706. The van der Waals surface area contributed by atoms with Crippen LogP contribution in [0.4, 0.5) is 5.69 Å². The first kappa shape index (κ1) is 15.6. The molecule has 5 heteroatoms. The minimum Gasteiger partial charge on any atom is -0.379 e. The van der Waals surface area contributed by atoms with Crippen molar-refractivity contribution in [3.63, 3.8) is 0 Å². The molecule has 1 aromatic heterocycles. The molecule has 2 unspecified atom stereocenters. The van der Waals surface area contributed by atoms with Gasteiger partial charge in [-0.15, -0.1) is 0 Å². The number of rotatable bonds is 5. The van der Waals surface area contributed by atoms with Crippen LogP contribution in [0.3, 0.4) is 0 Å².